The number of aryl methyl sites for hydroxylation is 1. The molecule has 0 atom stereocenters. The van der Waals surface area contributed by atoms with Crippen LogP contribution >= 0.6 is 0 Å². The van der Waals surface area contributed by atoms with Gasteiger partial charge in [0.25, 0.3) is 0 Å². The Morgan fingerprint density at radius 2 is 1.77 bits per heavy atom. The molecule has 1 aromatic carbocycles. The average Bonchev–Trinajstić information content (AvgIpc) is 1.95. The van der Waals surface area contributed by atoms with E-state index in [0.717, 1.165) is 5.56 Å². The minimum atomic E-state index is -3.71. The van der Waals surface area contributed by atoms with Gasteiger partial charge in [-0.15, -0.1) is 0 Å². The summed E-state index contributed by atoms with van der Waals surface area (Å²) in [5.74, 6) is 0. The Kier molecular flexibility index (Phi) is 2.32. The number of sulfonamides is 1. The van der Waals surface area contributed by atoms with Crippen molar-refractivity contribution in [3.8, 4) is 0 Å². The molecular weight excluding hydrogens is 188 g/mol. The summed E-state index contributed by atoms with van der Waals surface area (Å²) in [4.78, 5) is 0.0347. The van der Waals surface area contributed by atoms with E-state index in [1.807, 2.05) is 6.92 Å². The molecule has 0 aliphatic heterocycles. The summed E-state index contributed by atoms with van der Waals surface area (Å²) in [6.07, 6.45) is 0. The Morgan fingerprint density at radius 1 is 1.23 bits per heavy atom. The van der Waals surface area contributed by atoms with Gasteiger partial charge in [-0.3, -0.25) is 0 Å². The summed E-state index contributed by atoms with van der Waals surface area (Å²) in [6.45, 7) is 3.49. The van der Waals surface area contributed by atoms with Gasteiger partial charge in [-0.1, -0.05) is 6.07 Å². The Hall–Kier alpha value is -1.07. The zero-order valence-electron chi connectivity index (χ0n) is 7.53. The maximum absolute atomic E-state index is 11.1. The lowest BCUT2D eigenvalue weighted by atomic mass is 10.1. The van der Waals surface area contributed by atoms with E-state index >= 15 is 0 Å². The van der Waals surface area contributed by atoms with Gasteiger partial charge < -0.3 is 5.73 Å². The molecule has 1 rings (SSSR count). The highest BCUT2D eigenvalue weighted by Gasteiger charge is 2.16. The van der Waals surface area contributed by atoms with Crippen molar-refractivity contribution in [2.75, 3.05) is 5.73 Å². The van der Waals surface area contributed by atoms with Crippen molar-refractivity contribution in [1.29, 1.82) is 0 Å². The molecule has 4 N–H and O–H groups in total. The average molecular weight is 200 g/mol. The first kappa shape index (κ1) is 10.0. The van der Waals surface area contributed by atoms with Crippen LogP contribution in [0.25, 0.3) is 0 Å². The predicted octanol–water partition coefficient (Wildman–Crippen LogP) is 0.533. The largest absolute Gasteiger partial charge is 0.398 e. The van der Waals surface area contributed by atoms with Crippen LogP contribution in [0.3, 0.4) is 0 Å². The summed E-state index contributed by atoms with van der Waals surface area (Å²) in [7, 11) is -3.71. The first-order valence-corrected chi connectivity index (χ1v) is 5.27. The highest BCUT2D eigenvalue weighted by atomic mass is 32.2. The number of anilines is 1. The lowest BCUT2D eigenvalue weighted by molar-refractivity contribution is 0.597. The van der Waals surface area contributed by atoms with Gasteiger partial charge in [0.1, 0.15) is 4.90 Å². The number of nitrogens with two attached hydrogens (primary N) is 2. The van der Waals surface area contributed by atoms with Crippen LogP contribution in [-0.4, -0.2) is 8.42 Å². The van der Waals surface area contributed by atoms with Crippen molar-refractivity contribution in [2.45, 2.75) is 18.7 Å². The fourth-order valence-electron chi connectivity index (χ4n) is 1.19. The van der Waals surface area contributed by atoms with Crippen molar-refractivity contribution in [3.05, 3.63) is 23.3 Å². The lowest BCUT2D eigenvalue weighted by Gasteiger charge is -2.08. The Balaban J connectivity index is 3.62. The lowest BCUT2D eigenvalue weighted by Crippen LogP contribution is -2.16. The van der Waals surface area contributed by atoms with Gasteiger partial charge in [0, 0.05) is 0 Å². The fraction of sp³-hybridized carbons (Fsp3) is 0.250. The molecule has 0 heterocycles. The van der Waals surface area contributed by atoms with E-state index in [4.69, 9.17) is 10.9 Å². The molecule has 0 bridgehead atoms. The molecule has 0 aliphatic carbocycles. The molecule has 5 heteroatoms. The molecule has 0 amide bonds. The molecule has 0 spiro atoms. The van der Waals surface area contributed by atoms with Crippen LogP contribution in [0.2, 0.25) is 0 Å². The van der Waals surface area contributed by atoms with Crippen molar-refractivity contribution >= 4 is 15.7 Å². The molecule has 0 aromatic heterocycles. The number of rotatable bonds is 1. The van der Waals surface area contributed by atoms with Crippen LogP contribution in [0.15, 0.2) is 17.0 Å². The summed E-state index contributed by atoms with van der Waals surface area (Å²) in [6, 6.07) is 3.31. The van der Waals surface area contributed by atoms with E-state index in [0.29, 0.717) is 5.56 Å². The first-order valence-electron chi connectivity index (χ1n) is 3.72. The molecule has 0 aliphatic rings. The van der Waals surface area contributed by atoms with E-state index in [1.54, 1.807) is 19.1 Å². The van der Waals surface area contributed by atoms with Crippen LogP contribution in [0.1, 0.15) is 11.1 Å². The first-order chi connectivity index (χ1) is 5.84. The summed E-state index contributed by atoms with van der Waals surface area (Å²) in [5.41, 5.74) is 7.19. The highest BCUT2D eigenvalue weighted by molar-refractivity contribution is 7.89. The third kappa shape index (κ3) is 1.81. The second-order valence-electron chi connectivity index (χ2n) is 2.97. The topological polar surface area (TPSA) is 86.2 Å². The number of nitrogen functional groups attached to an aromatic ring is 1. The molecule has 1 aromatic rings. The summed E-state index contributed by atoms with van der Waals surface area (Å²) >= 11 is 0. The second kappa shape index (κ2) is 3.01. The smallest absolute Gasteiger partial charge is 0.240 e. The Bertz CT molecular complexity index is 438. The van der Waals surface area contributed by atoms with Crippen LogP contribution in [0.4, 0.5) is 5.69 Å². The highest BCUT2D eigenvalue weighted by Crippen LogP contribution is 2.23. The number of hydrogen-bond acceptors (Lipinski definition) is 3. The number of benzene rings is 1. The van der Waals surface area contributed by atoms with Gasteiger partial charge in [0.15, 0.2) is 0 Å². The summed E-state index contributed by atoms with van der Waals surface area (Å²) < 4.78 is 22.2. The number of hydrogen-bond donors (Lipinski definition) is 2. The van der Waals surface area contributed by atoms with E-state index in [-0.39, 0.29) is 10.6 Å². The van der Waals surface area contributed by atoms with Crippen LogP contribution < -0.4 is 10.9 Å². The maximum Gasteiger partial charge on any atom is 0.240 e. The van der Waals surface area contributed by atoms with Crippen LogP contribution in [0.5, 0.6) is 0 Å². The minimum absolute atomic E-state index is 0.0347. The standard InChI is InChI=1S/C8H12N2O2S/c1-5-3-4-7(9)8(6(5)2)13(10,11)12/h3-4H,9H2,1-2H3,(H2,10,11,12). The molecule has 0 radical (unpaired) electrons. The quantitative estimate of drug-likeness (QED) is 0.648. The molecule has 13 heavy (non-hydrogen) atoms. The zero-order valence-corrected chi connectivity index (χ0v) is 8.35. The summed E-state index contributed by atoms with van der Waals surface area (Å²) in [5, 5.41) is 5.02. The van der Waals surface area contributed by atoms with Gasteiger partial charge in [-0.2, -0.15) is 0 Å². The van der Waals surface area contributed by atoms with Crippen molar-refractivity contribution in [1.82, 2.24) is 0 Å². The monoisotopic (exact) mass is 200 g/mol. The minimum Gasteiger partial charge on any atom is -0.398 e. The van der Waals surface area contributed by atoms with Crippen molar-refractivity contribution in [2.24, 2.45) is 5.14 Å². The van der Waals surface area contributed by atoms with E-state index in [2.05, 4.69) is 0 Å². The maximum atomic E-state index is 11.1. The number of primary sulfonamides is 1. The van der Waals surface area contributed by atoms with Crippen molar-refractivity contribution in [3.63, 3.8) is 0 Å². The molecule has 0 saturated carbocycles. The third-order valence-electron chi connectivity index (χ3n) is 1.99. The fourth-order valence-corrected chi connectivity index (χ4v) is 2.17. The van der Waals surface area contributed by atoms with Crippen molar-refractivity contribution < 1.29 is 8.42 Å². The second-order valence-corrected chi connectivity index (χ2v) is 4.47. The van der Waals surface area contributed by atoms with E-state index in [9.17, 15) is 8.42 Å². The molecule has 0 saturated heterocycles. The van der Waals surface area contributed by atoms with Gasteiger partial charge in [0.2, 0.25) is 10.0 Å². The molecule has 0 unspecified atom stereocenters. The normalized spacial score (nSPS) is 11.6. The molecule has 72 valence electrons. The van der Waals surface area contributed by atoms with Gasteiger partial charge in [-0.05, 0) is 31.0 Å². The van der Waals surface area contributed by atoms with Gasteiger partial charge in [-0.25, -0.2) is 13.6 Å². The molecule has 4 nitrogen and oxygen atoms in total. The molecular formula is C8H12N2O2S. The van der Waals surface area contributed by atoms with E-state index in [1.165, 1.54) is 0 Å². The van der Waals surface area contributed by atoms with Gasteiger partial charge >= 0.3 is 0 Å². The molecule has 0 fully saturated rings. The Labute approximate surface area is 77.6 Å². The van der Waals surface area contributed by atoms with Crippen LogP contribution in [-0.2, 0) is 10.0 Å². The predicted molar refractivity (Wildman–Crippen MR) is 51.7 cm³/mol. The Morgan fingerprint density at radius 3 is 2.15 bits per heavy atom. The van der Waals surface area contributed by atoms with E-state index < -0.39 is 10.0 Å². The third-order valence-corrected chi connectivity index (χ3v) is 3.10. The zero-order chi connectivity index (χ0) is 10.2. The van der Waals surface area contributed by atoms with Crippen LogP contribution in [0, 0.1) is 13.8 Å². The SMILES string of the molecule is Cc1ccc(N)c(S(N)(=O)=O)c1C. The van der Waals surface area contributed by atoms with Gasteiger partial charge in [0.05, 0.1) is 5.69 Å².